The van der Waals surface area contributed by atoms with Crippen LogP contribution in [0.1, 0.15) is 16.3 Å². The molecule has 0 radical (unpaired) electrons. The van der Waals surface area contributed by atoms with Gasteiger partial charge in [0.1, 0.15) is 11.6 Å². The zero-order valence-corrected chi connectivity index (χ0v) is 12.8. The molecule has 0 atom stereocenters. The largest absolute Gasteiger partial charge is 0.463 e. The highest BCUT2D eigenvalue weighted by Crippen LogP contribution is 2.12. The highest BCUT2D eigenvalue weighted by atomic mass is 19.1. The monoisotopic (exact) mass is 320 g/mol. The van der Waals surface area contributed by atoms with Gasteiger partial charge in [-0.05, 0) is 37.4 Å². The van der Waals surface area contributed by atoms with E-state index in [4.69, 9.17) is 4.42 Å². The third-order valence-corrected chi connectivity index (χ3v) is 3.00. The number of esters is 1. The quantitative estimate of drug-likeness (QED) is 0.827. The Morgan fingerprint density at radius 1 is 1.30 bits per heavy atom. The maximum atomic E-state index is 13.1. The molecule has 0 aliphatic heterocycles. The van der Waals surface area contributed by atoms with Crippen molar-refractivity contribution in [2.24, 2.45) is 0 Å². The normalized spacial score (nSPS) is 10.6. The number of hydrogen-bond donors (Lipinski definition) is 1. The molecule has 23 heavy (non-hydrogen) atoms. The van der Waals surface area contributed by atoms with E-state index in [0.717, 1.165) is 0 Å². The Kier molecular flexibility index (Phi) is 5.48. The van der Waals surface area contributed by atoms with E-state index >= 15 is 0 Å². The van der Waals surface area contributed by atoms with Gasteiger partial charge in [-0.3, -0.25) is 9.69 Å². The number of methoxy groups -OCH3 is 1. The van der Waals surface area contributed by atoms with Crippen LogP contribution >= 0.6 is 0 Å². The van der Waals surface area contributed by atoms with E-state index in [1.807, 2.05) is 0 Å². The van der Waals surface area contributed by atoms with Crippen molar-refractivity contribution in [2.45, 2.75) is 6.54 Å². The van der Waals surface area contributed by atoms with Crippen LogP contribution < -0.4 is 5.32 Å². The lowest BCUT2D eigenvalue weighted by atomic mass is 10.3. The molecule has 1 amide bonds. The van der Waals surface area contributed by atoms with Crippen LogP contribution in [0.2, 0.25) is 0 Å². The van der Waals surface area contributed by atoms with Crippen molar-refractivity contribution in [3.8, 4) is 0 Å². The summed E-state index contributed by atoms with van der Waals surface area (Å²) in [4.78, 5) is 24.9. The number of nitrogens with zero attached hydrogens (tertiary/aromatic N) is 1. The van der Waals surface area contributed by atoms with Gasteiger partial charge in [0.15, 0.2) is 0 Å². The van der Waals surface area contributed by atoms with Gasteiger partial charge >= 0.3 is 5.97 Å². The van der Waals surface area contributed by atoms with E-state index in [2.05, 4.69) is 10.1 Å². The van der Waals surface area contributed by atoms with Gasteiger partial charge in [0.25, 0.3) is 0 Å². The lowest BCUT2D eigenvalue weighted by Crippen LogP contribution is -2.29. The molecule has 1 aromatic heterocycles. The average Bonchev–Trinajstić information content (AvgIpc) is 2.94. The molecule has 1 aromatic carbocycles. The molecule has 0 saturated carbocycles. The number of anilines is 1. The third-order valence-electron chi connectivity index (χ3n) is 3.00. The Balaban J connectivity index is 1.86. The number of furan rings is 1. The summed E-state index contributed by atoms with van der Waals surface area (Å²) in [6, 6.07) is 8.84. The van der Waals surface area contributed by atoms with Gasteiger partial charge in [-0.1, -0.05) is 6.07 Å². The number of likely N-dealkylation sites (N-methyl/N-ethyl adjacent to an activating group) is 1. The summed E-state index contributed by atoms with van der Waals surface area (Å²) >= 11 is 0. The molecule has 0 bridgehead atoms. The Hall–Kier alpha value is -2.67. The summed E-state index contributed by atoms with van der Waals surface area (Å²) in [5.74, 6) is -0.603. The third kappa shape index (κ3) is 4.93. The molecular weight excluding hydrogens is 303 g/mol. The summed E-state index contributed by atoms with van der Waals surface area (Å²) in [6.45, 7) is 0.429. The fraction of sp³-hybridized carbons (Fsp3) is 0.250. The topological polar surface area (TPSA) is 71.8 Å². The van der Waals surface area contributed by atoms with Gasteiger partial charge in [0.2, 0.25) is 11.7 Å². The predicted octanol–water partition coefficient (Wildman–Crippen LogP) is 2.28. The van der Waals surface area contributed by atoms with Crippen molar-refractivity contribution in [3.63, 3.8) is 0 Å². The van der Waals surface area contributed by atoms with E-state index in [1.165, 1.54) is 31.4 Å². The van der Waals surface area contributed by atoms with Gasteiger partial charge in [0, 0.05) is 5.69 Å². The molecule has 7 heteroatoms. The highest BCUT2D eigenvalue weighted by Gasteiger charge is 2.13. The first-order chi connectivity index (χ1) is 11.0. The minimum absolute atomic E-state index is 0.0881. The second-order valence-electron chi connectivity index (χ2n) is 4.99. The van der Waals surface area contributed by atoms with Gasteiger partial charge in [0.05, 0.1) is 20.2 Å². The van der Waals surface area contributed by atoms with Crippen molar-refractivity contribution < 1.29 is 23.1 Å². The van der Waals surface area contributed by atoms with Crippen LogP contribution in [0.5, 0.6) is 0 Å². The van der Waals surface area contributed by atoms with Crippen molar-refractivity contribution >= 4 is 17.6 Å². The molecule has 0 aliphatic rings. The van der Waals surface area contributed by atoms with E-state index < -0.39 is 11.8 Å². The van der Waals surface area contributed by atoms with Crippen LogP contribution in [-0.2, 0) is 16.1 Å². The average molecular weight is 320 g/mol. The molecule has 6 nitrogen and oxygen atoms in total. The smallest absolute Gasteiger partial charge is 0.373 e. The van der Waals surface area contributed by atoms with Gasteiger partial charge in [-0.25, -0.2) is 9.18 Å². The van der Waals surface area contributed by atoms with Crippen molar-refractivity contribution in [1.29, 1.82) is 0 Å². The number of ether oxygens (including phenoxy) is 1. The molecule has 0 fully saturated rings. The van der Waals surface area contributed by atoms with Crippen LogP contribution in [0.4, 0.5) is 10.1 Å². The number of amides is 1. The zero-order valence-electron chi connectivity index (χ0n) is 12.8. The highest BCUT2D eigenvalue weighted by molar-refractivity contribution is 5.92. The van der Waals surface area contributed by atoms with Crippen molar-refractivity contribution in [2.75, 3.05) is 26.0 Å². The molecule has 0 spiro atoms. The van der Waals surface area contributed by atoms with Gasteiger partial charge in [-0.15, -0.1) is 0 Å². The SMILES string of the molecule is COC(=O)c1ccc(CN(C)CC(=O)Nc2cccc(F)c2)o1. The lowest BCUT2D eigenvalue weighted by Gasteiger charge is -2.14. The summed E-state index contributed by atoms with van der Waals surface area (Å²) in [5.41, 5.74) is 0.398. The first kappa shape index (κ1) is 16.7. The lowest BCUT2D eigenvalue weighted by molar-refractivity contribution is -0.117. The molecule has 1 heterocycles. The van der Waals surface area contributed by atoms with Crippen LogP contribution in [0, 0.1) is 5.82 Å². The predicted molar refractivity (Wildman–Crippen MR) is 81.4 cm³/mol. The van der Waals surface area contributed by atoms with Crippen LogP contribution in [0.15, 0.2) is 40.8 Å². The Morgan fingerprint density at radius 2 is 2.09 bits per heavy atom. The molecule has 122 valence electrons. The Labute approximate surface area is 132 Å². The van der Waals surface area contributed by atoms with Gasteiger partial charge in [-0.2, -0.15) is 0 Å². The fourth-order valence-electron chi connectivity index (χ4n) is 2.01. The number of halogens is 1. The molecule has 2 rings (SSSR count). The van der Waals surface area contributed by atoms with Crippen molar-refractivity contribution in [3.05, 3.63) is 53.7 Å². The van der Waals surface area contributed by atoms with Crippen LogP contribution in [-0.4, -0.2) is 37.5 Å². The minimum atomic E-state index is -0.553. The summed E-state index contributed by atoms with van der Waals surface area (Å²) in [6.07, 6.45) is 0. The molecule has 0 saturated heterocycles. The summed E-state index contributed by atoms with van der Waals surface area (Å²) in [7, 11) is 3.00. The number of hydrogen-bond acceptors (Lipinski definition) is 5. The number of rotatable bonds is 6. The number of nitrogens with one attached hydrogen (secondary N) is 1. The van der Waals surface area contributed by atoms with Crippen molar-refractivity contribution in [1.82, 2.24) is 4.90 Å². The van der Waals surface area contributed by atoms with Crippen LogP contribution in [0.3, 0.4) is 0 Å². The minimum Gasteiger partial charge on any atom is -0.463 e. The zero-order chi connectivity index (χ0) is 16.8. The molecular formula is C16H17FN2O4. The number of carbonyl (C=O) groups excluding carboxylic acids is 2. The van der Waals surface area contributed by atoms with Crippen LogP contribution in [0.25, 0.3) is 0 Å². The second kappa shape index (κ2) is 7.55. The first-order valence-electron chi connectivity index (χ1n) is 6.89. The fourth-order valence-corrected chi connectivity index (χ4v) is 2.01. The molecule has 0 unspecified atom stereocenters. The number of carbonyl (C=O) groups is 2. The standard InChI is InChI=1S/C16H17FN2O4/c1-19(9-13-6-7-14(23-13)16(21)22-2)10-15(20)18-12-5-3-4-11(17)8-12/h3-8H,9-10H2,1-2H3,(H,18,20). The van der Waals surface area contributed by atoms with Gasteiger partial charge < -0.3 is 14.5 Å². The second-order valence-corrected chi connectivity index (χ2v) is 4.99. The Morgan fingerprint density at radius 3 is 2.78 bits per heavy atom. The number of benzene rings is 1. The molecule has 0 aliphatic carbocycles. The van der Waals surface area contributed by atoms with E-state index in [9.17, 15) is 14.0 Å². The maximum Gasteiger partial charge on any atom is 0.373 e. The Bertz CT molecular complexity index is 699. The summed E-state index contributed by atoms with van der Waals surface area (Å²) < 4.78 is 22.9. The maximum absolute atomic E-state index is 13.1. The van der Waals surface area contributed by atoms with E-state index in [1.54, 1.807) is 24.1 Å². The molecule has 1 N–H and O–H groups in total. The molecule has 2 aromatic rings. The van der Waals surface area contributed by atoms with E-state index in [-0.39, 0.29) is 18.2 Å². The summed E-state index contributed by atoms with van der Waals surface area (Å²) in [5, 5.41) is 2.61. The van der Waals surface area contributed by atoms with E-state index in [0.29, 0.717) is 18.0 Å². The first-order valence-corrected chi connectivity index (χ1v) is 6.89.